The highest BCUT2D eigenvalue weighted by Crippen LogP contribution is 2.22. The molecule has 5 heteroatoms. The van der Waals surface area contributed by atoms with Crippen molar-refractivity contribution in [1.29, 1.82) is 0 Å². The summed E-state index contributed by atoms with van der Waals surface area (Å²) in [4.78, 5) is 23.7. The van der Waals surface area contributed by atoms with Crippen LogP contribution >= 0.6 is 0 Å². The second-order valence-electron chi connectivity index (χ2n) is 4.65. The number of benzene rings is 1. The molecule has 0 saturated heterocycles. The second-order valence-corrected chi connectivity index (χ2v) is 4.65. The Kier molecular flexibility index (Phi) is 5.77. The Balaban J connectivity index is 2.03. The molecule has 0 N–H and O–H groups in total. The van der Waals surface area contributed by atoms with Crippen molar-refractivity contribution < 1.29 is 23.5 Å². The fourth-order valence-electron chi connectivity index (χ4n) is 2.02. The van der Waals surface area contributed by atoms with E-state index in [1.165, 1.54) is 6.26 Å². The summed E-state index contributed by atoms with van der Waals surface area (Å²) in [5.74, 6) is -0.330. The molecule has 5 nitrogen and oxygen atoms in total. The van der Waals surface area contributed by atoms with E-state index in [0.717, 1.165) is 5.56 Å². The molecule has 0 aliphatic carbocycles. The van der Waals surface area contributed by atoms with Crippen LogP contribution < -0.4 is 0 Å². The molecule has 0 radical (unpaired) electrons. The van der Waals surface area contributed by atoms with Gasteiger partial charge in [-0.1, -0.05) is 30.3 Å². The molecule has 0 aliphatic heterocycles. The van der Waals surface area contributed by atoms with Gasteiger partial charge in [-0.15, -0.1) is 0 Å². The van der Waals surface area contributed by atoms with Crippen LogP contribution in [-0.4, -0.2) is 18.5 Å². The number of hydrogen-bond acceptors (Lipinski definition) is 5. The first-order chi connectivity index (χ1) is 10.7. The summed E-state index contributed by atoms with van der Waals surface area (Å²) in [6.07, 6.45) is 0.847. The number of ether oxygens (including phenoxy) is 2. The van der Waals surface area contributed by atoms with Gasteiger partial charge in [-0.2, -0.15) is 0 Å². The quantitative estimate of drug-likeness (QED) is 0.735. The van der Waals surface area contributed by atoms with Gasteiger partial charge in [0.25, 0.3) is 0 Å². The van der Waals surface area contributed by atoms with Crippen LogP contribution in [0.3, 0.4) is 0 Å². The summed E-state index contributed by atoms with van der Waals surface area (Å²) < 4.78 is 15.5. The maximum atomic E-state index is 12.0. The number of esters is 2. The van der Waals surface area contributed by atoms with E-state index in [2.05, 4.69) is 0 Å². The van der Waals surface area contributed by atoms with Crippen LogP contribution in [0.2, 0.25) is 0 Å². The topological polar surface area (TPSA) is 65.7 Å². The average molecular weight is 302 g/mol. The van der Waals surface area contributed by atoms with E-state index in [1.54, 1.807) is 19.1 Å². The van der Waals surface area contributed by atoms with E-state index >= 15 is 0 Å². The summed E-state index contributed by atoms with van der Waals surface area (Å²) in [7, 11) is 0. The third kappa shape index (κ3) is 4.77. The third-order valence-corrected chi connectivity index (χ3v) is 3.00. The number of hydrogen-bond donors (Lipinski definition) is 0. The van der Waals surface area contributed by atoms with Crippen molar-refractivity contribution in [3.63, 3.8) is 0 Å². The SMILES string of the molecule is CCOC(=O)C[C@@H](OC(=O)Cc1ccco1)c1ccccc1. The average Bonchev–Trinajstić information content (AvgIpc) is 3.00. The Morgan fingerprint density at radius 2 is 1.86 bits per heavy atom. The molecular formula is C17H18O5. The van der Waals surface area contributed by atoms with Gasteiger partial charge >= 0.3 is 11.9 Å². The van der Waals surface area contributed by atoms with Crippen molar-refractivity contribution in [3.05, 3.63) is 60.1 Å². The van der Waals surface area contributed by atoms with Gasteiger partial charge in [0.2, 0.25) is 0 Å². The lowest BCUT2D eigenvalue weighted by atomic mass is 10.1. The summed E-state index contributed by atoms with van der Waals surface area (Å²) in [6, 6.07) is 12.5. The first-order valence-electron chi connectivity index (χ1n) is 7.11. The van der Waals surface area contributed by atoms with E-state index in [9.17, 15) is 9.59 Å². The molecule has 22 heavy (non-hydrogen) atoms. The molecule has 2 rings (SSSR count). The van der Waals surface area contributed by atoms with Crippen LogP contribution in [0.5, 0.6) is 0 Å². The molecule has 116 valence electrons. The molecule has 0 spiro atoms. The Morgan fingerprint density at radius 3 is 2.50 bits per heavy atom. The Labute approximate surface area is 128 Å². The standard InChI is InChI=1S/C17H18O5/c1-2-20-16(18)12-15(13-7-4-3-5-8-13)22-17(19)11-14-9-6-10-21-14/h3-10,15H,2,11-12H2,1H3/t15-/m1/s1. The van der Waals surface area contributed by atoms with Gasteiger partial charge < -0.3 is 13.9 Å². The predicted octanol–water partition coefficient (Wildman–Crippen LogP) is 3.06. The molecule has 1 aromatic heterocycles. The van der Waals surface area contributed by atoms with Crippen molar-refractivity contribution in [3.8, 4) is 0 Å². The van der Waals surface area contributed by atoms with Gasteiger partial charge in [0.05, 0.1) is 19.3 Å². The minimum Gasteiger partial charge on any atom is -0.469 e. The Morgan fingerprint density at radius 1 is 1.09 bits per heavy atom. The monoisotopic (exact) mass is 302 g/mol. The molecule has 2 aromatic rings. The predicted molar refractivity (Wildman–Crippen MR) is 78.9 cm³/mol. The van der Waals surface area contributed by atoms with Crippen LogP contribution in [0.25, 0.3) is 0 Å². The first-order valence-corrected chi connectivity index (χ1v) is 7.11. The molecule has 0 bridgehead atoms. The summed E-state index contributed by atoms with van der Waals surface area (Å²) in [6.45, 7) is 2.03. The van der Waals surface area contributed by atoms with E-state index < -0.39 is 18.0 Å². The first kappa shape index (κ1) is 15.8. The van der Waals surface area contributed by atoms with Crippen molar-refractivity contribution in [1.82, 2.24) is 0 Å². The zero-order chi connectivity index (χ0) is 15.8. The van der Waals surface area contributed by atoms with Crippen LogP contribution in [0, 0.1) is 0 Å². The lowest BCUT2D eigenvalue weighted by Crippen LogP contribution is -2.18. The highest BCUT2D eigenvalue weighted by atomic mass is 16.6. The van der Waals surface area contributed by atoms with Gasteiger partial charge in [0.15, 0.2) is 0 Å². The minimum absolute atomic E-state index is 0.0122. The van der Waals surface area contributed by atoms with E-state index in [4.69, 9.17) is 13.9 Å². The minimum atomic E-state index is -0.664. The molecule has 0 amide bonds. The van der Waals surface area contributed by atoms with Crippen molar-refractivity contribution in [2.24, 2.45) is 0 Å². The van der Waals surface area contributed by atoms with Gasteiger partial charge in [0.1, 0.15) is 18.3 Å². The lowest BCUT2D eigenvalue weighted by Gasteiger charge is -2.17. The third-order valence-electron chi connectivity index (χ3n) is 3.00. The molecule has 1 atom stereocenters. The summed E-state index contributed by atoms with van der Waals surface area (Å²) in [5, 5.41) is 0. The van der Waals surface area contributed by atoms with Crippen molar-refractivity contribution >= 4 is 11.9 Å². The lowest BCUT2D eigenvalue weighted by molar-refractivity contribution is -0.155. The Hall–Kier alpha value is -2.56. The van der Waals surface area contributed by atoms with Crippen molar-refractivity contribution in [2.45, 2.75) is 25.9 Å². The number of furan rings is 1. The molecular weight excluding hydrogens is 284 g/mol. The smallest absolute Gasteiger partial charge is 0.314 e. The van der Waals surface area contributed by atoms with E-state index in [0.29, 0.717) is 12.4 Å². The van der Waals surface area contributed by atoms with Crippen LogP contribution in [0.15, 0.2) is 53.1 Å². The highest BCUT2D eigenvalue weighted by molar-refractivity contribution is 5.74. The van der Waals surface area contributed by atoms with Gasteiger partial charge in [-0.05, 0) is 24.6 Å². The maximum absolute atomic E-state index is 12.0. The normalized spacial score (nSPS) is 11.7. The van der Waals surface area contributed by atoms with E-state index in [1.807, 2.05) is 30.3 Å². The Bertz CT molecular complexity index is 589. The number of rotatable bonds is 7. The summed E-state index contributed by atoms with van der Waals surface area (Å²) in [5.41, 5.74) is 0.753. The van der Waals surface area contributed by atoms with E-state index in [-0.39, 0.29) is 12.8 Å². The number of carbonyl (C=O) groups is 2. The molecule has 1 heterocycles. The largest absolute Gasteiger partial charge is 0.469 e. The fourth-order valence-corrected chi connectivity index (χ4v) is 2.02. The van der Waals surface area contributed by atoms with Crippen molar-refractivity contribution in [2.75, 3.05) is 6.61 Å². The van der Waals surface area contributed by atoms with Gasteiger partial charge in [-0.3, -0.25) is 9.59 Å². The molecule has 1 aromatic carbocycles. The highest BCUT2D eigenvalue weighted by Gasteiger charge is 2.21. The second kappa shape index (κ2) is 8.02. The maximum Gasteiger partial charge on any atom is 0.314 e. The summed E-state index contributed by atoms with van der Waals surface area (Å²) >= 11 is 0. The molecule has 0 unspecified atom stereocenters. The molecule has 0 aliphatic rings. The van der Waals surface area contributed by atoms with Gasteiger partial charge in [-0.25, -0.2) is 0 Å². The molecule has 0 fully saturated rings. The van der Waals surface area contributed by atoms with Gasteiger partial charge in [0, 0.05) is 0 Å². The zero-order valence-corrected chi connectivity index (χ0v) is 12.4. The van der Waals surface area contributed by atoms with Crippen LogP contribution in [-0.2, 0) is 25.5 Å². The zero-order valence-electron chi connectivity index (χ0n) is 12.4. The van der Waals surface area contributed by atoms with Crippen LogP contribution in [0.1, 0.15) is 30.8 Å². The fraction of sp³-hybridized carbons (Fsp3) is 0.294. The van der Waals surface area contributed by atoms with Crippen LogP contribution in [0.4, 0.5) is 0 Å². The number of carbonyl (C=O) groups excluding carboxylic acids is 2. The molecule has 0 saturated carbocycles.